The van der Waals surface area contributed by atoms with Crippen molar-refractivity contribution in [1.82, 2.24) is 0 Å². The molecule has 0 fully saturated rings. The van der Waals surface area contributed by atoms with E-state index >= 15 is 0 Å². The van der Waals surface area contributed by atoms with Crippen molar-refractivity contribution >= 4 is 16.8 Å². The highest BCUT2D eigenvalue weighted by Crippen LogP contribution is 2.58. The Morgan fingerprint density at radius 2 is 1.30 bits per heavy atom. The molecule has 2 aliphatic rings. The monoisotopic (exact) mass is 568 g/mol. The minimum absolute atomic E-state index is 0.212. The van der Waals surface area contributed by atoms with E-state index in [0.717, 1.165) is 50.6 Å². The quantitative estimate of drug-likeness (QED) is 0.212. The van der Waals surface area contributed by atoms with Crippen LogP contribution in [0.25, 0.3) is 28.0 Å². The fourth-order valence-corrected chi connectivity index (χ4v) is 7.11. The molecule has 0 unspecified atom stereocenters. The van der Waals surface area contributed by atoms with Crippen LogP contribution < -0.4 is 18.9 Å². The third-order valence-electron chi connectivity index (χ3n) is 9.34. The van der Waals surface area contributed by atoms with Gasteiger partial charge in [0.15, 0.2) is 5.60 Å². The summed E-state index contributed by atoms with van der Waals surface area (Å²) >= 11 is 0. The van der Waals surface area contributed by atoms with Gasteiger partial charge in [0, 0.05) is 27.5 Å². The van der Waals surface area contributed by atoms with Crippen molar-refractivity contribution in [2.24, 2.45) is 0 Å². The number of methoxy groups -OCH3 is 3. The molecule has 0 aromatic heterocycles. The molecule has 0 saturated carbocycles. The van der Waals surface area contributed by atoms with Crippen LogP contribution in [0.3, 0.4) is 0 Å². The van der Waals surface area contributed by atoms with Crippen molar-refractivity contribution in [2.75, 3.05) is 21.3 Å². The topological polar surface area (TPSA) is 36.9 Å². The van der Waals surface area contributed by atoms with E-state index in [-0.39, 0.29) is 5.41 Å². The van der Waals surface area contributed by atoms with Gasteiger partial charge < -0.3 is 18.9 Å². The molecule has 1 heterocycles. The minimum Gasteiger partial charge on any atom is -0.497 e. The van der Waals surface area contributed by atoms with Crippen molar-refractivity contribution in [3.05, 3.63) is 124 Å². The van der Waals surface area contributed by atoms with Gasteiger partial charge in [-0.3, -0.25) is 0 Å². The van der Waals surface area contributed by atoms with Crippen LogP contribution in [-0.2, 0) is 11.0 Å². The van der Waals surface area contributed by atoms with E-state index in [4.69, 9.17) is 18.9 Å². The lowest BCUT2D eigenvalue weighted by Crippen LogP contribution is -2.35. The summed E-state index contributed by atoms with van der Waals surface area (Å²) in [5.41, 5.74) is 9.62. The van der Waals surface area contributed by atoms with Gasteiger partial charge in [0.05, 0.1) is 21.3 Å². The molecule has 4 nitrogen and oxygen atoms in total. The second-order valence-electron chi connectivity index (χ2n) is 12.2. The van der Waals surface area contributed by atoms with Gasteiger partial charge in [0.25, 0.3) is 0 Å². The normalized spacial score (nSPS) is 15.3. The van der Waals surface area contributed by atoms with Crippen LogP contribution in [0.1, 0.15) is 52.8 Å². The van der Waals surface area contributed by atoms with Crippen LogP contribution in [0.2, 0.25) is 0 Å². The SMILES string of the molecule is COc1ccc(C2(c3ccc(OC)cc3)C=Cc3c4c(c5cc(C)c(OC)cc5c3O2)-c2ccc(C)cc2C4(C)C)cc1. The third-order valence-corrected chi connectivity index (χ3v) is 9.34. The Kier molecular flexibility index (Phi) is 6.10. The number of rotatable bonds is 5. The highest BCUT2D eigenvalue weighted by molar-refractivity contribution is 6.09. The molecule has 5 aromatic rings. The van der Waals surface area contributed by atoms with Gasteiger partial charge in [-0.1, -0.05) is 68.0 Å². The van der Waals surface area contributed by atoms with Crippen LogP contribution in [0.5, 0.6) is 23.0 Å². The smallest absolute Gasteiger partial charge is 0.178 e. The molecule has 43 heavy (non-hydrogen) atoms. The van der Waals surface area contributed by atoms with Crippen LogP contribution in [0.15, 0.2) is 84.9 Å². The summed E-state index contributed by atoms with van der Waals surface area (Å²) in [5.74, 6) is 3.30. The van der Waals surface area contributed by atoms with E-state index in [1.165, 1.54) is 33.2 Å². The first-order chi connectivity index (χ1) is 20.7. The lowest BCUT2D eigenvalue weighted by Gasteiger charge is -2.38. The molecule has 0 saturated heterocycles. The molecule has 216 valence electrons. The number of hydrogen-bond acceptors (Lipinski definition) is 4. The molecule has 1 aliphatic carbocycles. The van der Waals surface area contributed by atoms with E-state index in [0.29, 0.717) is 0 Å². The van der Waals surface area contributed by atoms with Gasteiger partial charge in [-0.05, 0) is 89.5 Å². The summed E-state index contributed by atoms with van der Waals surface area (Å²) < 4.78 is 24.3. The molecule has 0 bridgehead atoms. The molecule has 0 radical (unpaired) electrons. The predicted octanol–water partition coefficient (Wildman–Crippen LogP) is 9.14. The molecule has 0 spiro atoms. The first-order valence-corrected chi connectivity index (χ1v) is 14.7. The van der Waals surface area contributed by atoms with E-state index < -0.39 is 5.60 Å². The maximum Gasteiger partial charge on any atom is 0.178 e. The Morgan fingerprint density at radius 1 is 0.674 bits per heavy atom. The van der Waals surface area contributed by atoms with Gasteiger partial charge in [-0.15, -0.1) is 0 Å². The summed E-state index contributed by atoms with van der Waals surface area (Å²) in [5, 5.41) is 2.22. The first kappa shape index (κ1) is 27.2. The molecular formula is C39H36O4. The summed E-state index contributed by atoms with van der Waals surface area (Å²) in [7, 11) is 5.10. The standard InChI is InChI=1S/C39H36O4/c1-23-8-17-29-33(20-23)38(3,4)36-30-18-19-39(25-9-13-27(40-5)14-10-25,26-11-15-28(41-6)16-12-26)43-37(30)32-22-34(42-7)24(2)21-31(32)35(29)36/h8-22H,1-7H3. The maximum absolute atomic E-state index is 7.41. The Bertz CT molecular complexity index is 1880. The maximum atomic E-state index is 7.41. The lowest BCUT2D eigenvalue weighted by atomic mass is 9.76. The number of aryl methyl sites for hydroxylation is 2. The number of fused-ring (bicyclic) bond motifs is 8. The summed E-state index contributed by atoms with van der Waals surface area (Å²) in [6, 6.07) is 27.6. The highest BCUT2D eigenvalue weighted by Gasteiger charge is 2.44. The molecule has 7 rings (SSSR count). The van der Waals surface area contributed by atoms with E-state index in [1.54, 1.807) is 21.3 Å². The number of hydrogen-bond donors (Lipinski definition) is 0. The minimum atomic E-state index is -0.878. The summed E-state index contributed by atoms with van der Waals surface area (Å²) in [4.78, 5) is 0. The van der Waals surface area contributed by atoms with Crippen LogP contribution in [-0.4, -0.2) is 21.3 Å². The fraction of sp³-hybridized carbons (Fsp3) is 0.231. The summed E-state index contributed by atoms with van der Waals surface area (Å²) in [6.45, 7) is 8.95. The second kappa shape index (κ2) is 9.67. The highest BCUT2D eigenvalue weighted by atomic mass is 16.5. The largest absolute Gasteiger partial charge is 0.497 e. The third kappa shape index (κ3) is 3.89. The van der Waals surface area contributed by atoms with Gasteiger partial charge >= 0.3 is 0 Å². The van der Waals surface area contributed by atoms with Crippen molar-refractivity contribution in [2.45, 2.75) is 38.7 Å². The van der Waals surface area contributed by atoms with Crippen LogP contribution >= 0.6 is 0 Å². The van der Waals surface area contributed by atoms with Crippen LogP contribution in [0.4, 0.5) is 0 Å². The summed E-state index contributed by atoms with van der Waals surface area (Å²) in [6.07, 6.45) is 4.49. The zero-order valence-electron chi connectivity index (χ0n) is 25.8. The van der Waals surface area contributed by atoms with Crippen molar-refractivity contribution in [3.63, 3.8) is 0 Å². The molecule has 5 aromatic carbocycles. The zero-order valence-corrected chi connectivity index (χ0v) is 25.8. The van der Waals surface area contributed by atoms with Gasteiger partial charge in [-0.25, -0.2) is 0 Å². The average molecular weight is 569 g/mol. The zero-order chi connectivity index (χ0) is 30.1. The fourth-order valence-electron chi connectivity index (χ4n) is 7.11. The van der Waals surface area contributed by atoms with Gasteiger partial charge in [-0.2, -0.15) is 0 Å². The van der Waals surface area contributed by atoms with E-state index in [9.17, 15) is 0 Å². The second-order valence-corrected chi connectivity index (χ2v) is 12.2. The van der Waals surface area contributed by atoms with Gasteiger partial charge in [0.2, 0.25) is 0 Å². The Labute approximate surface area is 253 Å². The molecular weight excluding hydrogens is 532 g/mol. The number of benzene rings is 5. The molecule has 0 amide bonds. The van der Waals surface area contributed by atoms with E-state index in [1.807, 2.05) is 24.3 Å². The van der Waals surface area contributed by atoms with E-state index in [2.05, 4.69) is 94.4 Å². The molecule has 1 aliphatic heterocycles. The average Bonchev–Trinajstić information content (AvgIpc) is 3.26. The molecule has 0 atom stereocenters. The van der Waals surface area contributed by atoms with Gasteiger partial charge in [0.1, 0.15) is 23.0 Å². The van der Waals surface area contributed by atoms with Crippen molar-refractivity contribution < 1.29 is 18.9 Å². The lowest BCUT2D eigenvalue weighted by molar-refractivity contribution is 0.163. The molecule has 0 N–H and O–H groups in total. The molecule has 4 heteroatoms. The Hall–Kier alpha value is -4.70. The van der Waals surface area contributed by atoms with Crippen molar-refractivity contribution in [3.8, 4) is 34.1 Å². The first-order valence-electron chi connectivity index (χ1n) is 14.7. The van der Waals surface area contributed by atoms with Crippen molar-refractivity contribution in [1.29, 1.82) is 0 Å². The van der Waals surface area contributed by atoms with Crippen LogP contribution in [0, 0.1) is 13.8 Å². The Morgan fingerprint density at radius 3 is 1.88 bits per heavy atom. The predicted molar refractivity (Wildman–Crippen MR) is 174 cm³/mol. The number of ether oxygens (including phenoxy) is 4. The Balaban J connectivity index is 1.56.